The Labute approximate surface area is 171 Å². The molecular formula is C17H26Cl2N4O2S. The van der Waals surface area contributed by atoms with E-state index in [4.69, 9.17) is 5.73 Å². The van der Waals surface area contributed by atoms with E-state index in [9.17, 15) is 9.59 Å². The van der Waals surface area contributed by atoms with E-state index < -0.39 is 0 Å². The lowest BCUT2D eigenvalue weighted by Gasteiger charge is -2.21. The lowest BCUT2D eigenvalue weighted by atomic mass is 10.2. The van der Waals surface area contributed by atoms with Crippen molar-refractivity contribution >= 4 is 48.4 Å². The number of carbonyl (C=O) groups is 2. The maximum Gasteiger partial charge on any atom is 0.256 e. The number of nitrogens with zero attached hydrogens (tertiary/aromatic N) is 3. The fraction of sp³-hybridized carbons (Fsp3) is 0.588. The van der Waals surface area contributed by atoms with E-state index in [-0.39, 0.29) is 47.9 Å². The van der Waals surface area contributed by atoms with Gasteiger partial charge in [-0.2, -0.15) is 0 Å². The average Bonchev–Trinajstić information content (AvgIpc) is 3.25. The third kappa shape index (κ3) is 5.25. The monoisotopic (exact) mass is 420 g/mol. The summed E-state index contributed by atoms with van der Waals surface area (Å²) in [5.74, 6) is 0.0871. The van der Waals surface area contributed by atoms with Gasteiger partial charge in [0.2, 0.25) is 5.91 Å². The van der Waals surface area contributed by atoms with Crippen LogP contribution in [0.15, 0.2) is 23.4 Å². The van der Waals surface area contributed by atoms with Gasteiger partial charge in [-0.3, -0.25) is 9.59 Å². The molecule has 1 unspecified atom stereocenters. The Balaban J connectivity index is 0.00000169. The van der Waals surface area contributed by atoms with Crippen LogP contribution in [0.25, 0.3) is 0 Å². The highest BCUT2D eigenvalue weighted by atomic mass is 35.5. The first kappa shape index (κ1) is 23.0. The first-order chi connectivity index (χ1) is 11.6. The van der Waals surface area contributed by atoms with Gasteiger partial charge in [0.1, 0.15) is 5.03 Å². The van der Waals surface area contributed by atoms with E-state index in [0.29, 0.717) is 23.7 Å². The third-order valence-electron chi connectivity index (χ3n) is 4.57. The van der Waals surface area contributed by atoms with Crippen LogP contribution in [-0.2, 0) is 4.79 Å². The molecule has 146 valence electrons. The van der Waals surface area contributed by atoms with Gasteiger partial charge in [-0.05, 0) is 38.3 Å². The Hall–Kier alpha value is -1.02. The summed E-state index contributed by atoms with van der Waals surface area (Å²) in [5.41, 5.74) is 6.47. The molecule has 9 heteroatoms. The number of thioether (sulfide) groups is 1. The number of amides is 2. The topological polar surface area (TPSA) is 79.5 Å². The van der Waals surface area contributed by atoms with Crippen molar-refractivity contribution < 1.29 is 9.59 Å². The quantitative estimate of drug-likeness (QED) is 0.755. The minimum atomic E-state index is -0.245. The molecule has 2 N–H and O–H groups in total. The molecule has 0 bridgehead atoms. The van der Waals surface area contributed by atoms with E-state index in [0.717, 1.165) is 32.4 Å². The molecule has 1 aromatic rings. The zero-order valence-corrected chi connectivity index (χ0v) is 17.2. The van der Waals surface area contributed by atoms with Gasteiger partial charge in [0.25, 0.3) is 5.91 Å². The first-order valence-electron chi connectivity index (χ1n) is 8.51. The summed E-state index contributed by atoms with van der Waals surface area (Å²) in [6.07, 6.45) is 4.65. The zero-order chi connectivity index (χ0) is 17.1. The second kappa shape index (κ2) is 10.3. The minimum absolute atomic E-state index is 0. The lowest BCUT2D eigenvalue weighted by Crippen LogP contribution is -2.34. The molecule has 0 aliphatic carbocycles. The van der Waals surface area contributed by atoms with Gasteiger partial charge >= 0.3 is 0 Å². The first-order valence-corrected chi connectivity index (χ1v) is 9.39. The Morgan fingerprint density at radius 3 is 2.54 bits per heavy atom. The summed E-state index contributed by atoms with van der Waals surface area (Å²) in [6.45, 7) is 4.83. The molecule has 2 amide bonds. The SMILES string of the molecule is CC(Sc1ncccc1C(=O)N1CC[C@@H](N)C1)C(=O)N1CCCC1.Cl.Cl. The Morgan fingerprint density at radius 1 is 1.23 bits per heavy atom. The molecular weight excluding hydrogens is 395 g/mol. The van der Waals surface area contributed by atoms with Crippen molar-refractivity contribution in [1.29, 1.82) is 0 Å². The van der Waals surface area contributed by atoms with Gasteiger partial charge in [-0.25, -0.2) is 4.98 Å². The van der Waals surface area contributed by atoms with Crippen LogP contribution in [0.3, 0.4) is 0 Å². The van der Waals surface area contributed by atoms with E-state index in [1.807, 2.05) is 11.8 Å². The smallest absolute Gasteiger partial charge is 0.256 e. The van der Waals surface area contributed by atoms with Gasteiger partial charge in [0, 0.05) is 38.4 Å². The molecule has 3 heterocycles. The molecule has 2 fully saturated rings. The Bertz CT molecular complexity index is 629. The van der Waals surface area contributed by atoms with Crippen LogP contribution in [0, 0.1) is 0 Å². The largest absolute Gasteiger partial charge is 0.342 e. The molecule has 2 aliphatic heterocycles. The fourth-order valence-corrected chi connectivity index (χ4v) is 4.19. The van der Waals surface area contributed by atoms with E-state index in [2.05, 4.69) is 4.98 Å². The molecule has 0 radical (unpaired) electrons. The highest BCUT2D eigenvalue weighted by Crippen LogP contribution is 2.28. The summed E-state index contributed by atoms with van der Waals surface area (Å²) in [5, 5.41) is 0.383. The van der Waals surface area contributed by atoms with Crippen LogP contribution in [0.1, 0.15) is 36.5 Å². The van der Waals surface area contributed by atoms with Crippen molar-refractivity contribution in [2.24, 2.45) is 5.73 Å². The Morgan fingerprint density at radius 2 is 1.92 bits per heavy atom. The summed E-state index contributed by atoms with van der Waals surface area (Å²) in [7, 11) is 0. The van der Waals surface area contributed by atoms with Gasteiger partial charge in [0.05, 0.1) is 10.8 Å². The minimum Gasteiger partial charge on any atom is -0.342 e. The van der Waals surface area contributed by atoms with Crippen LogP contribution in [0.4, 0.5) is 0 Å². The predicted octanol–water partition coefficient (Wildman–Crippen LogP) is 2.20. The maximum atomic E-state index is 12.7. The molecule has 2 saturated heterocycles. The van der Waals surface area contributed by atoms with Crippen LogP contribution in [-0.4, -0.2) is 64.1 Å². The molecule has 1 aromatic heterocycles. The van der Waals surface area contributed by atoms with Crippen molar-refractivity contribution in [3.8, 4) is 0 Å². The molecule has 0 spiro atoms. The maximum absolute atomic E-state index is 12.7. The third-order valence-corrected chi connectivity index (χ3v) is 5.67. The summed E-state index contributed by atoms with van der Waals surface area (Å²) < 4.78 is 0. The number of pyridine rings is 1. The molecule has 0 saturated carbocycles. The zero-order valence-electron chi connectivity index (χ0n) is 14.8. The highest BCUT2D eigenvalue weighted by molar-refractivity contribution is 8.00. The van der Waals surface area contributed by atoms with Crippen molar-refractivity contribution in [3.05, 3.63) is 23.9 Å². The van der Waals surface area contributed by atoms with Gasteiger partial charge < -0.3 is 15.5 Å². The molecule has 0 aromatic carbocycles. The van der Waals surface area contributed by atoms with Crippen LogP contribution < -0.4 is 5.73 Å². The van der Waals surface area contributed by atoms with Crippen molar-refractivity contribution in [2.45, 2.75) is 42.5 Å². The lowest BCUT2D eigenvalue weighted by molar-refractivity contribution is -0.129. The van der Waals surface area contributed by atoms with E-state index in [1.54, 1.807) is 23.2 Å². The highest BCUT2D eigenvalue weighted by Gasteiger charge is 2.29. The number of nitrogens with two attached hydrogens (primary N) is 1. The molecule has 2 aliphatic rings. The van der Waals surface area contributed by atoms with Crippen molar-refractivity contribution in [2.75, 3.05) is 26.2 Å². The number of hydrogen-bond donors (Lipinski definition) is 1. The standard InChI is InChI=1S/C17H24N4O2S.2ClH/c1-12(16(22)20-8-2-3-9-20)24-15-14(5-4-7-19-15)17(23)21-10-6-13(18)11-21;;/h4-5,7,12-13H,2-3,6,8-11,18H2,1H3;2*1H/t12?,13-;;/m1../s1. The average molecular weight is 421 g/mol. The molecule has 26 heavy (non-hydrogen) atoms. The normalized spacial score (nSPS) is 20.3. The van der Waals surface area contributed by atoms with Crippen LogP contribution in [0.2, 0.25) is 0 Å². The number of aromatic nitrogens is 1. The summed E-state index contributed by atoms with van der Waals surface area (Å²) >= 11 is 1.37. The fourth-order valence-electron chi connectivity index (χ4n) is 3.20. The number of rotatable bonds is 4. The second-order valence-corrected chi connectivity index (χ2v) is 7.78. The van der Waals surface area contributed by atoms with E-state index >= 15 is 0 Å². The molecule has 6 nitrogen and oxygen atoms in total. The van der Waals surface area contributed by atoms with Gasteiger partial charge in [0.15, 0.2) is 0 Å². The number of halogens is 2. The predicted molar refractivity (Wildman–Crippen MR) is 108 cm³/mol. The van der Waals surface area contributed by atoms with Crippen molar-refractivity contribution in [1.82, 2.24) is 14.8 Å². The van der Waals surface area contributed by atoms with Crippen molar-refractivity contribution in [3.63, 3.8) is 0 Å². The second-order valence-electron chi connectivity index (χ2n) is 6.45. The number of carbonyl (C=O) groups excluding carboxylic acids is 2. The van der Waals surface area contributed by atoms with Gasteiger partial charge in [-0.1, -0.05) is 11.8 Å². The molecule has 3 rings (SSSR count). The van der Waals surface area contributed by atoms with Gasteiger partial charge in [-0.15, -0.1) is 24.8 Å². The number of likely N-dealkylation sites (tertiary alicyclic amines) is 2. The van der Waals surface area contributed by atoms with Crippen LogP contribution in [0.5, 0.6) is 0 Å². The molecule has 2 atom stereocenters. The van der Waals surface area contributed by atoms with E-state index in [1.165, 1.54) is 11.8 Å². The number of hydrogen-bond acceptors (Lipinski definition) is 5. The summed E-state index contributed by atoms with van der Waals surface area (Å²) in [4.78, 5) is 33.3. The summed E-state index contributed by atoms with van der Waals surface area (Å²) in [6, 6.07) is 3.60. The Kier molecular flexibility index (Phi) is 9.16. The van der Waals surface area contributed by atoms with Crippen LogP contribution >= 0.6 is 36.6 Å².